The van der Waals surface area contributed by atoms with E-state index >= 15 is 0 Å². The van der Waals surface area contributed by atoms with Gasteiger partial charge in [-0.05, 0) is 50.9 Å². The molecule has 1 amide bonds. The number of carbonyl (C=O) groups excluding carboxylic acids is 1. The molecule has 1 unspecified atom stereocenters. The minimum Gasteiger partial charge on any atom is -0.376 e. The highest BCUT2D eigenvalue weighted by Crippen LogP contribution is 2.13. The van der Waals surface area contributed by atoms with Gasteiger partial charge in [-0.2, -0.15) is 0 Å². The number of benzene rings is 1. The second-order valence-electron chi connectivity index (χ2n) is 5.21. The topological polar surface area (TPSA) is 50.4 Å². The lowest BCUT2D eigenvalue weighted by molar-refractivity contribution is 0.0169. The normalized spacial score (nSPS) is 18.8. The molecule has 2 N–H and O–H groups in total. The summed E-state index contributed by atoms with van der Waals surface area (Å²) in [6.07, 6.45) is 4.41. The molecule has 0 spiro atoms. The van der Waals surface area contributed by atoms with Crippen molar-refractivity contribution in [1.82, 2.24) is 10.6 Å². The number of rotatable bonds is 6. The molecule has 20 heavy (non-hydrogen) atoms. The van der Waals surface area contributed by atoms with E-state index in [1.165, 1.54) is 6.42 Å². The van der Waals surface area contributed by atoms with Crippen LogP contribution in [-0.2, 0) is 11.2 Å². The Hall–Kier alpha value is -1.39. The van der Waals surface area contributed by atoms with Gasteiger partial charge in [0.1, 0.15) is 0 Å². The Labute approximate surface area is 120 Å². The molecule has 0 saturated carbocycles. The maximum absolute atomic E-state index is 12.3. The Bertz CT molecular complexity index is 428. The van der Waals surface area contributed by atoms with Crippen molar-refractivity contribution in [3.05, 3.63) is 35.4 Å². The summed E-state index contributed by atoms with van der Waals surface area (Å²) in [4.78, 5) is 12.3. The van der Waals surface area contributed by atoms with Crippen LogP contribution >= 0.6 is 0 Å². The maximum Gasteiger partial charge on any atom is 0.251 e. The third-order valence-corrected chi connectivity index (χ3v) is 3.67. The molecule has 1 atom stereocenters. The predicted octanol–water partition coefficient (Wildman–Crippen LogP) is 1.75. The predicted molar refractivity (Wildman–Crippen MR) is 80.0 cm³/mol. The molecule has 1 aromatic rings. The van der Waals surface area contributed by atoms with E-state index in [0.717, 1.165) is 43.5 Å². The summed E-state index contributed by atoms with van der Waals surface area (Å²) in [5.41, 5.74) is 1.86. The number of amides is 1. The number of nitrogens with one attached hydrogen (secondary N) is 2. The summed E-state index contributed by atoms with van der Waals surface area (Å²) >= 11 is 0. The molecule has 1 aromatic carbocycles. The number of likely N-dealkylation sites (N-methyl/N-ethyl adjacent to an activating group) is 1. The van der Waals surface area contributed by atoms with Crippen LogP contribution in [0.4, 0.5) is 0 Å². The summed E-state index contributed by atoms with van der Waals surface area (Å²) < 4.78 is 5.63. The zero-order chi connectivity index (χ0) is 14.2. The average Bonchev–Trinajstić information content (AvgIpc) is 2.52. The first-order chi connectivity index (χ1) is 9.81. The molecular weight excluding hydrogens is 252 g/mol. The molecule has 0 bridgehead atoms. The summed E-state index contributed by atoms with van der Waals surface area (Å²) in [5.74, 6) is 0.00544. The van der Waals surface area contributed by atoms with Crippen LogP contribution in [0.5, 0.6) is 0 Å². The summed E-state index contributed by atoms with van der Waals surface area (Å²) in [6, 6.07) is 7.80. The molecule has 0 aromatic heterocycles. The van der Waals surface area contributed by atoms with Crippen LogP contribution in [0.15, 0.2) is 24.3 Å². The zero-order valence-electron chi connectivity index (χ0n) is 12.2. The van der Waals surface area contributed by atoms with Gasteiger partial charge in [-0.15, -0.1) is 0 Å². The van der Waals surface area contributed by atoms with Crippen molar-refractivity contribution >= 4 is 5.91 Å². The van der Waals surface area contributed by atoms with E-state index in [1.54, 1.807) is 0 Å². The van der Waals surface area contributed by atoms with Gasteiger partial charge in [0, 0.05) is 18.7 Å². The van der Waals surface area contributed by atoms with Crippen LogP contribution in [0.1, 0.15) is 35.2 Å². The lowest BCUT2D eigenvalue weighted by Crippen LogP contribution is -2.35. The first-order valence-corrected chi connectivity index (χ1v) is 7.43. The average molecular weight is 276 g/mol. The van der Waals surface area contributed by atoms with Crippen molar-refractivity contribution in [3.63, 3.8) is 0 Å². The van der Waals surface area contributed by atoms with E-state index in [9.17, 15) is 4.79 Å². The third-order valence-electron chi connectivity index (χ3n) is 3.67. The fourth-order valence-corrected chi connectivity index (χ4v) is 2.49. The van der Waals surface area contributed by atoms with Gasteiger partial charge in [-0.25, -0.2) is 0 Å². The third kappa shape index (κ3) is 4.32. The van der Waals surface area contributed by atoms with Crippen LogP contribution in [-0.4, -0.2) is 38.8 Å². The van der Waals surface area contributed by atoms with Gasteiger partial charge in [0.2, 0.25) is 0 Å². The van der Waals surface area contributed by atoms with Gasteiger partial charge >= 0.3 is 0 Å². The molecule has 1 aliphatic rings. The standard InChI is InChI=1S/C16H24N2O2/c1-17-10-9-13-6-2-3-8-15(13)16(19)18-12-14-7-4-5-11-20-14/h2-3,6,8,14,17H,4-5,7,9-12H2,1H3,(H,18,19). The molecule has 1 saturated heterocycles. The summed E-state index contributed by atoms with van der Waals surface area (Å²) in [6.45, 7) is 2.30. The highest BCUT2D eigenvalue weighted by molar-refractivity contribution is 5.95. The van der Waals surface area contributed by atoms with Crippen molar-refractivity contribution in [2.45, 2.75) is 31.8 Å². The van der Waals surface area contributed by atoms with E-state index < -0.39 is 0 Å². The first kappa shape index (κ1) is 15.0. The number of hydrogen-bond acceptors (Lipinski definition) is 3. The van der Waals surface area contributed by atoms with Crippen molar-refractivity contribution < 1.29 is 9.53 Å². The second kappa shape index (κ2) is 8.02. The van der Waals surface area contributed by atoms with E-state index in [0.29, 0.717) is 6.54 Å². The molecule has 1 fully saturated rings. The molecule has 4 heteroatoms. The zero-order valence-corrected chi connectivity index (χ0v) is 12.2. The fourth-order valence-electron chi connectivity index (χ4n) is 2.49. The molecule has 4 nitrogen and oxygen atoms in total. The van der Waals surface area contributed by atoms with E-state index in [-0.39, 0.29) is 12.0 Å². The number of carbonyl (C=O) groups is 1. The van der Waals surface area contributed by atoms with Crippen LogP contribution in [0.3, 0.4) is 0 Å². The van der Waals surface area contributed by atoms with Gasteiger partial charge in [0.25, 0.3) is 5.91 Å². The molecule has 2 rings (SSSR count). The Morgan fingerprint density at radius 1 is 1.35 bits per heavy atom. The second-order valence-corrected chi connectivity index (χ2v) is 5.21. The minimum absolute atomic E-state index is 0.00544. The Morgan fingerprint density at radius 3 is 2.95 bits per heavy atom. The highest BCUT2D eigenvalue weighted by Gasteiger charge is 2.16. The number of ether oxygens (including phenoxy) is 1. The highest BCUT2D eigenvalue weighted by atomic mass is 16.5. The Morgan fingerprint density at radius 2 is 2.20 bits per heavy atom. The van der Waals surface area contributed by atoms with Crippen molar-refractivity contribution in [2.24, 2.45) is 0 Å². The maximum atomic E-state index is 12.3. The molecule has 0 aliphatic carbocycles. The SMILES string of the molecule is CNCCc1ccccc1C(=O)NCC1CCCCO1. The Balaban J connectivity index is 1.90. The summed E-state index contributed by atoms with van der Waals surface area (Å²) in [5, 5.41) is 6.12. The smallest absolute Gasteiger partial charge is 0.251 e. The van der Waals surface area contributed by atoms with Crippen molar-refractivity contribution in [3.8, 4) is 0 Å². The van der Waals surface area contributed by atoms with Gasteiger partial charge in [-0.1, -0.05) is 18.2 Å². The van der Waals surface area contributed by atoms with Crippen molar-refractivity contribution in [1.29, 1.82) is 0 Å². The largest absolute Gasteiger partial charge is 0.376 e. The van der Waals surface area contributed by atoms with Crippen LogP contribution in [0.25, 0.3) is 0 Å². The number of hydrogen-bond donors (Lipinski definition) is 2. The van der Waals surface area contributed by atoms with Gasteiger partial charge in [-0.3, -0.25) is 4.79 Å². The van der Waals surface area contributed by atoms with E-state index in [4.69, 9.17) is 4.74 Å². The van der Waals surface area contributed by atoms with Crippen LogP contribution in [0.2, 0.25) is 0 Å². The van der Waals surface area contributed by atoms with Crippen LogP contribution < -0.4 is 10.6 Å². The van der Waals surface area contributed by atoms with Crippen molar-refractivity contribution in [2.75, 3.05) is 26.7 Å². The quantitative estimate of drug-likeness (QED) is 0.832. The van der Waals surface area contributed by atoms with Crippen LogP contribution in [0, 0.1) is 0 Å². The fraction of sp³-hybridized carbons (Fsp3) is 0.562. The van der Waals surface area contributed by atoms with E-state index in [1.807, 2.05) is 31.3 Å². The molecule has 110 valence electrons. The lowest BCUT2D eigenvalue weighted by atomic mass is 10.0. The first-order valence-electron chi connectivity index (χ1n) is 7.43. The van der Waals surface area contributed by atoms with Gasteiger partial charge in [0.15, 0.2) is 0 Å². The Kier molecular flexibility index (Phi) is 6.02. The molecule has 1 heterocycles. The van der Waals surface area contributed by atoms with E-state index in [2.05, 4.69) is 10.6 Å². The minimum atomic E-state index is 0.00544. The molecule has 0 radical (unpaired) electrons. The molecule has 1 aliphatic heterocycles. The monoisotopic (exact) mass is 276 g/mol. The van der Waals surface area contributed by atoms with Gasteiger partial charge in [0.05, 0.1) is 6.10 Å². The summed E-state index contributed by atoms with van der Waals surface area (Å²) in [7, 11) is 1.92. The van der Waals surface area contributed by atoms with Gasteiger partial charge < -0.3 is 15.4 Å². The lowest BCUT2D eigenvalue weighted by Gasteiger charge is -2.23. The molecular formula is C16H24N2O2.